The fourth-order valence-corrected chi connectivity index (χ4v) is 4.18. The summed E-state index contributed by atoms with van der Waals surface area (Å²) in [6.07, 6.45) is 1.20. The third kappa shape index (κ3) is 1.92. The van der Waals surface area contributed by atoms with Crippen molar-refractivity contribution in [3.8, 4) is 0 Å². The number of ketones is 1. The van der Waals surface area contributed by atoms with Crippen molar-refractivity contribution in [3.63, 3.8) is 0 Å². The Labute approximate surface area is 69.7 Å². The van der Waals surface area contributed by atoms with E-state index in [-0.39, 0.29) is 5.92 Å². The highest BCUT2D eigenvalue weighted by molar-refractivity contribution is 8.77. The van der Waals surface area contributed by atoms with Gasteiger partial charge < -0.3 is 0 Å². The first-order valence-electron chi connectivity index (χ1n) is 3.50. The van der Waals surface area contributed by atoms with Crippen molar-refractivity contribution in [1.82, 2.24) is 0 Å². The maximum absolute atomic E-state index is 10.9. The van der Waals surface area contributed by atoms with Crippen molar-refractivity contribution in [2.45, 2.75) is 25.5 Å². The van der Waals surface area contributed by atoms with Gasteiger partial charge in [-0.15, -0.1) is 0 Å². The van der Waals surface area contributed by atoms with Gasteiger partial charge in [0.25, 0.3) is 0 Å². The van der Waals surface area contributed by atoms with E-state index in [1.54, 1.807) is 6.92 Å². The van der Waals surface area contributed by atoms with E-state index in [1.165, 1.54) is 12.2 Å². The molecule has 0 aromatic carbocycles. The van der Waals surface area contributed by atoms with Crippen LogP contribution < -0.4 is 0 Å². The molecule has 1 aliphatic rings. The van der Waals surface area contributed by atoms with Crippen LogP contribution in [0, 0.1) is 5.92 Å². The predicted octanol–water partition coefficient (Wildman–Crippen LogP) is 2.37. The summed E-state index contributed by atoms with van der Waals surface area (Å²) in [5.74, 6) is 1.81. The Morgan fingerprint density at radius 1 is 1.70 bits per heavy atom. The smallest absolute Gasteiger partial charge is 0.133 e. The third-order valence-electron chi connectivity index (χ3n) is 1.88. The summed E-state index contributed by atoms with van der Waals surface area (Å²) in [5.41, 5.74) is 0. The monoisotopic (exact) mass is 176 g/mol. The van der Waals surface area contributed by atoms with Crippen LogP contribution in [-0.2, 0) is 4.79 Å². The summed E-state index contributed by atoms with van der Waals surface area (Å²) >= 11 is 0. The normalized spacial score (nSPS) is 28.4. The molecule has 0 spiro atoms. The van der Waals surface area contributed by atoms with Gasteiger partial charge in [-0.1, -0.05) is 28.5 Å². The third-order valence-corrected chi connectivity index (χ3v) is 4.96. The van der Waals surface area contributed by atoms with Gasteiger partial charge >= 0.3 is 0 Å². The van der Waals surface area contributed by atoms with Gasteiger partial charge in [0.2, 0.25) is 0 Å². The second kappa shape index (κ2) is 3.67. The first kappa shape index (κ1) is 8.47. The van der Waals surface area contributed by atoms with Crippen LogP contribution in [0.2, 0.25) is 0 Å². The molecule has 0 aromatic heterocycles. The quantitative estimate of drug-likeness (QED) is 0.601. The van der Waals surface area contributed by atoms with Gasteiger partial charge in [0.05, 0.1) is 0 Å². The average molecular weight is 176 g/mol. The van der Waals surface area contributed by atoms with Gasteiger partial charge in [0, 0.05) is 16.9 Å². The van der Waals surface area contributed by atoms with Gasteiger partial charge in [0.1, 0.15) is 5.78 Å². The van der Waals surface area contributed by atoms with Crippen LogP contribution >= 0.6 is 21.6 Å². The van der Waals surface area contributed by atoms with Gasteiger partial charge in [0.15, 0.2) is 0 Å². The van der Waals surface area contributed by atoms with Gasteiger partial charge in [-0.25, -0.2) is 0 Å². The van der Waals surface area contributed by atoms with E-state index in [0.29, 0.717) is 11.0 Å². The fourth-order valence-electron chi connectivity index (χ4n) is 0.943. The Morgan fingerprint density at radius 2 is 2.40 bits per heavy atom. The summed E-state index contributed by atoms with van der Waals surface area (Å²) in [5, 5.41) is 0.586. The molecule has 0 saturated carbocycles. The molecule has 1 aliphatic heterocycles. The van der Waals surface area contributed by atoms with Crippen molar-refractivity contribution in [2.75, 3.05) is 5.75 Å². The lowest BCUT2D eigenvalue weighted by atomic mass is 10.0. The molecular weight excluding hydrogens is 164 g/mol. The number of rotatable bonds is 2. The summed E-state index contributed by atoms with van der Waals surface area (Å²) in [6.45, 7) is 3.72. The van der Waals surface area contributed by atoms with Crippen LogP contribution in [0.25, 0.3) is 0 Å². The summed E-state index contributed by atoms with van der Waals surface area (Å²) in [4.78, 5) is 10.9. The highest BCUT2D eigenvalue weighted by Gasteiger charge is 2.25. The van der Waals surface area contributed by atoms with Gasteiger partial charge in [-0.3, -0.25) is 4.79 Å². The van der Waals surface area contributed by atoms with E-state index in [9.17, 15) is 4.79 Å². The van der Waals surface area contributed by atoms with Crippen LogP contribution in [0.15, 0.2) is 0 Å². The molecule has 10 heavy (non-hydrogen) atoms. The van der Waals surface area contributed by atoms with Crippen LogP contribution in [0.5, 0.6) is 0 Å². The zero-order valence-electron chi connectivity index (χ0n) is 6.29. The van der Waals surface area contributed by atoms with Crippen LogP contribution in [0.1, 0.15) is 20.3 Å². The largest absolute Gasteiger partial charge is 0.300 e. The molecule has 0 aromatic rings. The summed E-state index contributed by atoms with van der Waals surface area (Å²) in [6, 6.07) is 0. The standard InChI is InChI=1S/C7H12OS2/c1-5(6(2)8)7-3-4-9-10-7/h5,7H,3-4H2,1-2H3. The molecule has 0 N–H and O–H groups in total. The van der Waals surface area contributed by atoms with E-state index >= 15 is 0 Å². The molecule has 1 rings (SSSR count). The molecule has 1 fully saturated rings. The molecule has 0 aliphatic carbocycles. The zero-order chi connectivity index (χ0) is 7.56. The van der Waals surface area contributed by atoms with Crippen LogP contribution in [0.4, 0.5) is 0 Å². The Bertz CT molecular complexity index is 130. The lowest BCUT2D eigenvalue weighted by molar-refractivity contribution is -0.120. The fraction of sp³-hybridized carbons (Fsp3) is 0.857. The van der Waals surface area contributed by atoms with Gasteiger partial charge in [-0.05, 0) is 13.3 Å². The average Bonchev–Trinajstić information content (AvgIpc) is 2.36. The van der Waals surface area contributed by atoms with Gasteiger partial charge in [-0.2, -0.15) is 0 Å². The van der Waals surface area contributed by atoms with Crippen molar-refractivity contribution in [1.29, 1.82) is 0 Å². The first-order valence-corrected chi connectivity index (χ1v) is 5.88. The molecule has 0 bridgehead atoms. The van der Waals surface area contributed by atoms with E-state index in [1.807, 2.05) is 28.5 Å². The molecule has 1 saturated heterocycles. The maximum atomic E-state index is 10.9. The highest BCUT2D eigenvalue weighted by atomic mass is 33.1. The minimum absolute atomic E-state index is 0.264. The molecule has 3 heteroatoms. The van der Waals surface area contributed by atoms with Crippen molar-refractivity contribution >= 4 is 27.4 Å². The predicted molar refractivity (Wildman–Crippen MR) is 48.3 cm³/mol. The zero-order valence-corrected chi connectivity index (χ0v) is 7.93. The van der Waals surface area contributed by atoms with Crippen LogP contribution in [-0.4, -0.2) is 16.8 Å². The SMILES string of the molecule is CC(=O)C(C)C1CCSS1. The van der Waals surface area contributed by atoms with Crippen molar-refractivity contribution in [2.24, 2.45) is 5.92 Å². The minimum Gasteiger partial charge on any atom is -0.300 e. The lowest BCUT2D eigenvalue weighted by Crippen LogP contribution is -2.18. The second-order valence-electron chi connectivity index (χ2n) is 2.64. The van der Waals surface area contributed by atoms with Crippen molar-refractivity contribution < 1.29 is 4.79 Å². The van der Waals surface area contributed by atoms with Crippen molar-refractivity contribution in [3.05, 3.63) is 0 Å². The lowest BCUT2D eigenvalue weighted by Gasteiger charge is -2.12. The molecule has 0 radical (unpaired) electrons. The highest BCUT2D eigenvalue weighted by Crippen LogP contribution is 2.41. The number of hydrogen-bond acceptors (Lipinski definition) is 3. The molecule has 0 amide bonds. The number of carbonyl (C=O) groups is 1. The van der Waals surface area contributed by atoms with E-state index in [4.69, 9.17) is 0 Å². The number of hydrogen-bond donors (Lipinski definition) is 0. The minimum atomic E-state index is 0.264. The Balaban J connectivity index is 2.39. The molecule has 1 nitrogen and oxygen atoms in total. The Morgan fingerprint density at radius 3 is 2.80 bits per heavy atom. The maximum Gasteiger partial charge on any atom is 0.133 e. The van der Waals surface area contributed by atoms with E-state index in [0.717, 1.165) is 0 Å². The molecule has 2 atom stereocenters. The molecule has 58 valence electrons. The Kier molecular flexibility index (Phi) is 3.11. The number of carbonyl (C=O) groups excluding carboxylic acids is 1. The molecule has 2 unspecified atom stereocenters. The topological polar surface area (TPSA) is 17.1 Å². The second-order valence-corrected chi connectivity index (χ2v) is 5.37. The van der Waals surface area contributed by atoms with E-state index < -0.39 is 0 Å². The summed E-state index contributed by atoms with van der Waals surface area (Å²) < 4.78 is 0. The Hall–Kier alpha value is 0.370. The molecule has 1 heterocycles. The summed E-state index contributed by atoms with van der Waals surface area (Å²) in [7, 11) is 3.77. The first-order chi connectivity index (χ1) is 4.72. The number of Topliss-reactive ketones (excluding diaryl/α,β-unsaturated/α-hetero) is 1. The van der Waals surface area contributed by atoms with E-state index in [2.05, 4.69) is 0 Å². The van der Waals surface area contributed by atoms with Crippen LogP contribution in [0.3, 0.4) is 0 Å². The molecular formula is C7H12OS2.